The molecule has 0 aliphatic heterocycles. The molecule has 4 N–H and O–H groups in total. The minimum atomic E-state index is 0. The van der Waals surface area contributed by atoms with E-state index in [1.165, 1.54) is 99.5 Å². The van der Waals surface area contributed by atoms with Crippen LogP contribution in [0.3, 0.4) is 0 Å². The molecule has 6 aromatic rings. The lowest BCUT2D eigenvalue weighted by Crippen LogP contribution is -2.35. The summed E-state index contributed by atoms with van der Waals surface area (Å²) in [6.45, 7) is 2.25. The second-order valence-corrected chi connectivity index (χ2v) is 15.5. The van der Waals surface area contributed by atoms with Gasteiger partial charge in [-0.25, -0.2) is 0 Å². The van der Waals surface area contributed by atoms with E-state index in [0.717, 1.165) is 21.8 Å². The van der Waals surface area contributed by atoms with Gasteiger partial charge >= 0.3 is 0 Å². The van der Waals surface area contributed by atoms with E-state index in [2.05, 4.69) is 150 Å². The summed E-state index contributed by atoms with van der Waals surface area (Å²) in [5.41, 5.74) is 12.7. The molecule has 0 amide bonds. The molecule has 0 radical (unpaired) electrons. The lowest BCUT2D eigenvalue weighted by atomic mass is 9.91. The zero-order valence-electron chi connectivity index (χ0n) is 27.7. The fourth-order valence-corrected chi connectivity index (χ4v) is 9.04. The molecule has 3 aliphatic rings. The summed E-state index contributed by atoms with van der Waals surface area (Å²) in [6, 6.07) is 34.5. The maximum Gasteiger partial charge on any atom is 0.0480 e. The van der Waals surface area contributed by atoms with E-state index < -0.39 is 0 Å². The van der Waals surface area contributed by atoms with Crippen LogP contribution in [-0.2, 0) is 25.7 Å². The maximum absolute atomic E-state index is 3.95. The Labute approximate surface area is 318 Å². The summed E-state index contributed by atoms with van der Waals surface area (Å²) < 4.78 is 2.27. The van der Waals surface area contributed by atoms with Crippen LogP contribution in [0.5, 0.6) is 0 Å². The fourth-order valence-electron chi connectivity index (χ4n) is 8.32. The minimum Gasteiger partial charge on any atom is -0.357 e. The molecule has 3 atom stereocenters. The summed E-state index contributed by atoms with van der Waals surface area (Å²) in [4.78, 5) is 7.38. The Balaban J connectivity index is 0.000000164. The second-order valence-electron chi connectivity index (χ2n) is 13.6. The fraction of sp³-hybridized carbons (Fsp3) is 0.317. The number of aromatic amines is 2. The number of fused-ring (bicyclic) bond motifs is 7. The lowest BCUT2D eigenvalue weighted by molar-refractivity contribution is 0.396. The van der Waals surface area contributed by atoms with Gasteiger partial charge in [-0.3, -0.25) is 0 Å². The highest BCUT2D eigenvalue weighted by Gasteiger charge is 2.29. The van der Waals surface area contributed by atoms with Crippen molar-refractivity contribution in [2.24, 2.45) is 0 Å². The van der Waals surface area contributed by atoms with Gasteiger partial charge in [0.1, 0.15) is 0 Å². The third-order valence-corrected chi connectivity index (χ3v) is 11.6. The van der Waals surface area contributed by atoms with Crippen molar-refractivity contribution in [2.75, 3.05) is 0 Å². The molecule has 3 aliphatic carbocycles. The predicted molar refractivity (Wildman–Crippen MR) is 217 cm³/mol. The smallest absolute Gasteiger partial charge is 0.0480 e. The van der Waals surface area contributed by atoms with Crippen molar-refractivity contribution in [3.8, 4) is 0 Å². The molecule has 0 bridgehead atoms. The molecule has 4 aromatic carbocycles. The Morgan fingerprint density at radius 3 is 1.73 bits per heavy atom. The largest absolute Gasteiger partial charge is 0.357 e. The molecule has 0 saturated heterocycles. The Kier molecular flexibility index (Phi) is 11.6. The van der Waals surface area contributed by atoms with Gasteiger partial charge < -0.3 is 20.6 Å². The first kappa shape index (κ1) is 36.2. The van der Waals surface area contributed by atoms with Crippen LogP contribution in [0.4, 0.5) is 0 Å². The number of H-pyrrole nitrogens is 2. The Morgan fingerprint density at radius 2 is 1.16 bits per heavy atom. The summed E-state index contributed by atoms with van der Waals surface area (Å²) >= 11 is 7.17. The van der Waals surface area contributed by atoms with Crippen molar-refractivity contribution in [2.45, 2.75) is 82.5 Å². The topological polar surface area (TPSA) is 55.6 Å². The number of aromatic nitrogens is 2. The van der Waals surface area contributed by atoms with E-state index >= 15 is 0 Å². The third-order valence-electron chi connectivity index (χ3n) is 10.6. The molecule has 4 nitrogen and oxygen atoms in total. The monoisotopic (exact) mass is 820 g/mol. The molecule has 49 heavy (non-hydrogen) atoms. The van der Waals surface area contributed by atoms with E-state index in [9.17, 15) is 0 Å². The maximum atomic E-state index is 3.95. The molecular formula is C41H44Br2Cl2N4. The quantitative estimate of drug-likeness (QED) is 0.140. The van der Waals surface area contributed by atoms with Gasteiger partial charge in [0, 0.05) is 66.3 Å². The first-order valence-electron chi connectivity index (χ1n) is 17.2. The molecule has 0 spiro atoms. The predicted octanol–water partition coefficient (Wildman–Crippen LogP) is 11.6. The summed E-state index contributed by atoms with van der Waals surface area (Å²) in [6.07, 6.45) is 9.63. The van der Waals surface area contributed by atoms with Gasteiger partial charge in [0.15, 0.2) is 0 Å². The Morgan fingerprint density at radius 1 is 0.653 bits per heavy atom. The van der Waals surface area contributed by atoms with Crippen molar-refractivity contribution >= 4 is 78.5 Å². The first-order chi connectivity index (χ1) is 23.0. The van der Waals surface area contributed by atoms with E-state index in [-0.39, 0.29) is 24.8 Å². The van der Waals surface area contributed by atoms with Crippen LogP contribution in [0.15, 0.2) is 99.9 Å². The van der Waals surface area contributed by atoms with Crippen LogP contribution in [-0.4, -0.2) is 16.0 Å². The zero-order chi connectivity index (χ0) is 31.9. The number of rotatable bonds is 5. The first-order valence-corrected chi connectivity index (χ1v) is 18.8. The average Bonchev–Trinajstić information content (AvgIpc) is 3.78. The van der Waals surface area contributed by atoms with Gasteiger partial charge in [0.25, 0.3) is 0 Å². The van der Waals surface area contributed by atoms with Gasteiger partial charge in [0.05, 0.1) is 0 Å². The van der Waals surface area contributed by atoms with Gasteiger partial charge in [-0.05, 0) is 110 Å². The SMILES string of the molecule is Brc1ccc2c3c([nH]c2c1)C(NC1Cc2ccccc2C1)CCC3.C[C@@H](NC1CCCc2c1[nH]c1cc(Br)ccc21)c1ccccc1.Cl.Cl. The number of aryl methyl sites for hydroxylation is 2. The number of hydrogen-bond acceptors (Lipinski definition) is 2. The minimum absolute atomic E-state index is 0. The van der Waals surface area contributed by atoms with Crippen molar-refractivity contribution in [3.63, 3.8) is 0 Å². The van der Waals surface area contributed by atoms with Crippen molar-refractivity contribution in [1.82, 2.24) is 20.6 Å². The Bertz CT molecular complexity index is 2010. The molecule has 2 aromatic heterocycles. The highest BCUT2D eigenvalue weighted by atomic mass is 79.9. The van der Waals surface area contributed by atoms with Crippen LogP contribution in [0.2, 0.25) is 0 Å². The van der Waals surface area contributed by atoms with E-state index in [1.807, 2.05) is 0 Å². The molecule has 9 rings (SSSR count). The molecule has 0 saturated carbocycles. The molecule has 0 fully saturated rings. The van der Waals surface area contributed by atoms with Gasteiger partial charge in [0.2, 0.25) is 0 Å². The van der Waals surface area contributed by atoms with E-state index in [0.29, 0.717) is 24.2 Å². The van der Waals surface area contributed by atoms with Crippen LogP contribution >= 0.6 is 56.7 Å². The highest BCUT2D eigenvalue weighted by molar-refractivity contribution is 9.10. The zero-order valence-corrected chi connectivity index (χ0v) is 32.5. The number of halogens is 4. The number of hydrogen-bond donors (Lipinski definition) is 4. The summed E-state index contributed by atoms with van der Waals surface area (Å²) in [5, 5.41) is 10.6. The van der Waals surface area contributed by atoms with Crippen molar-refractivity contribution in [3.05, 3.63) is 139 Å². The highest BCUT2D eigenvalue weighted by Crippen LogP contribution is 2.38. The number of benzene rings is 4. The third kappa shape index (κ3) is 7.56. The van der Waals surface area contributed by atoms with Gasteiger partial charge in [-0.1, -0.05) is 98.6 Å². The van der Waals surface area contributed by atoms with Gasteiger partial charge in [-0.15, -0.1) is 24.8 Å². The molecule has 8 heteroatoms. The summed E-state index contributed by atoms with van der Waals surface area (Å²) in [7, 11) is 0. The average molecular weight is 824 g/mol. The van der Waals surface area contributed by atoms with Crippen LogP contribution in [0, 0.1) is 0 Å². The van der Waals surface area contributed by atoms with E-state index in [1.54, 1.807) is 0 Å². The van der Waals surface area contributed by atoms with Crippen LogP contribution in [0.25, 0.3) is 21.8 Å². The lowest BCUT2D eigenvalue weighted by Gasteiger charge is -2.27. The molecule has 256 valence electrons. The molecule has 2 heterocycles. The van der Waals surface area contributed by atoms with Crippen molar-refractivity contribution in [1.29, 1.82) is 0 Å². The normalized spacial score (nSPS) is 18.8. The molecular weight excluding hydrogens is 779 g/mol. The molecule has 2 unspecified atom stereocenters. The van der Waals surface area contributed by atoms with Crippen LogP contribution < -0.4 is 10.6 Å². The summed E-state index contributed by atoms with van der Waals surface area (Å²) in [5.74, 6) is 0. The van der Waals surface area contributed by atoms with Crippen LogP contribution in [0.1, 0.15) is 89.9 Å². The second kappa shape index (κ2) is 15.8. The van der Waals surface area contributed by atoms with Gasteiger partial charge in [-0.2, -0.15) is 0 Å². The van der Waals surface area contributed by atoms with E-state index in [4.69, 9.17) is 0 Å². The van der Waals surface area contributed by atoms with Crippen molar-refractivity contribution < 1.29 is 0 Å². The number of nitrogens with one attached hydrogen (secondary N) is 4. The standard InChI is InChI=1S/C21H21BrN2.C20H21BrN2.2ClH/c22-15-8-9-17-18-6-3-7-19(21(18)24-20(17)12-15)23-16-10-13-4-1-2-5-14(13)11-16;1-13(14-6-3-2-4-7-14)22-18-9-5-8-17-16-11-10-15(21)12-19(16)23-20(17)18;;/h1-2,4-5,8-9,12,16,19,23-24H,3,6-7,10-11H2;2-4,6-7,10-13,18,22-23H,5,8-9H2,1H3;2*1H/t;13-,18?;;/m.1../s1. The Hall–Kier alpha value is -2.58.